The lowest BCUT2D eigenvalue weighted by Crippen LogP contribution is -2.31. The third-order valence-corrected chi connectivity index (χ3v) is 5.86. The van der Waals surface area contributed by atoms with Gasteiger partial charge >= 0.3 is 0 Å². The highest BCUT2D eigenvalue weighted by atomic mass is 32.2. The standard InChI is InChI=1S/C16H20N2O2S2/c19-15(17-11-12-5-3-9-20-12)8-4-10-21-16-18-13-6-1-2-7-14(13)22-16/h1-2,6-7,12H,3-5,8-11H2,(H,17,19)/t12-/m1/s1. The Kier molecular flexibility index (Phi) is 5.70. The predicted molar refractivity (Wildman–Crippen MR) is 91.6 cm³/mol. The molecular weight excluding hydrogens is 316 g/mol. The van der Waals surface area contributed by atoms with E-state index in [4.69, 9.17) is 4.74 Å². The van der Waals surface area contributed by atoms with Gasteiger partial charge in [0.25, 0.3) is 0 Å². The average molecular weight is 336 g/mol. The summed E-state index contributed by atoms with van der Waals surface area (Å²) in [6.07, 6.45) is 3.84. The molecule has 3 rings (SSSR count). The van der Waals surface area contributed by atoms with Gasteiger partial charge in [-0.05, 0) is 31.4 Å². The molecule has 1 amide bonds. The number of benzene rings is 1. The molecule has 4 nitrogen and oxygen atoms in total. The molecule has 1 aliphatic rings. The minimum atomic E-state index is 0.125. The van der Waals surface area contributed by atoms with E-state index in [1.807, 2.05) is 18.2 Å². The van der Waals surface area contributed by atoms with Crippen molar-refractivity contribution in [3.05, 3.63) is 24.3 Å². The van der Waals surface area contributed by atoms with Crippen molar-refractivity contribution in [2.24, 2.45) is 0 Å². The number of para-hydroxylation sites is 1. The highest BCUT2D eigenvalue weighted by molar-refractivity contribution is 8.01. The molecule has 0 aliphatic carbocycles. The monoisotopic (exact) mass is 336 g/mol. The zero-order chi connectivity index (χ0) is 15.2. The van der Waals surface area contributed by atoms with Gasteiger partial charge in [0, 0.05) is 25.3 Å². The molecule has 1 fully saturated rings. The number of thiazole rings is 1. The van der Waals surface area contributed by atoms with E-state index < -0.39 is 0 Å². The number of hydrogen-bond donors (Lipinski definition) is 1. The van der Waals surface area contributed by atoms with Crippen LogP contribution in [0.4, 0.5) is 0 Å². The van der Waals surface area contributed by atoms with Gasteiger partial charge in [0.1, 0.15) is 0 Å². The number of aromatic nitrogens is 1. The van der Waals surface area contributed by atoms with Crippen molar-refractivity contribution in [1.82, 2.24) is 10.3 Å². The summed E-state index contributed by atoms with van der Waals surface area (Å²) >= 11 is 3.45. The van der Waals surface area contributed by atoms with Crippen LogP contribution in [0.25, 0.3) is 10.2 Å². The fourth-order valence-electron chi connectivity index (χ4n) is 2.43. The molecule has 0 spiro atoms. The van der Waals surface area contributed by atoms with Crippen LogP contribution in [0.1, 0.15) is 25.7 Å². The van der Waals surface area contributed by atoms with E-state index in [-0.39, 0.29) is 12.0 Å². The number of nitrogens with zero attached hydrogens (tertiary/aromatic N) is 1. The second kappa shape index (κ2) is 7.94. The van der Waals surface area contributed by atoms with Gasteiger partial charge in [0.05, 0.1) is 16.3 Å². The summed E-state index contributed by atoms with van der Waals surface area (Å²) in [5.41, 5.74) is 1.06. The molecule has 1 aromatic heterocycles. The lowest BCUT2D eigenvalue weighted by Gasteiger charge is -2.10. The Bertz CT molecular complexity index is 590. The summed E-state index contributed by atoms with van der Waals surface area (Å²) in [6, 6.07) is 8.17. The number of ether oxygens (including phenoxy) is 1. The SMILES string of the molecule is O=C(CCCSc1nc2ccccc2s1)NC[C@H]1CCCO1. The highest BCUT2D eigenvalue weighted by Gasteiger charge is 2.15. The first-order chi connectivity index (χ1) is 10.8. The first kappa shape index (κ1) is 15.8. The Labute approximate surface area is 138 Å². The van der Waals surface area contributed by atoms with Crippen molar-refractivity contribution in [1.29, 1.82) is 0 Å². The molecule has 1 saturated heterocycles. The Hall–Kier alpha value is -1.11. The van der Waals surface area contributed by atoms with Gasteiger partial charge in [-0.15, -0.1) is 11.3 Å². The molecule has 0 unspecified atom stereocenters. The van der Waals surface area contributed by atoms with Gasteiger partial charge in [0.15, 0.2) is 4.34 Å². The number of amides is 1. The molecule has 1 atom stereocenters. The van der Waals surface area contributed by atoms with Crippen molar-refractivity contribution in [3.8, 4) is 0 Å². The van der Waals surface area contributed by atoms with E-state index in [9.17, 15) is 4.79 Å². The van der Waals surface area contributed by atoms with Crippen LogP contribution in [0.3, 0.4) is 0 Å². The Balaban J connectivity index is 1.33. The second-order valence-corrected chi connectivity index (χ2v) is 7.71. The molecule has 1 aliphatic heterocycles. The first-order valence-corrected chi connectivity index (χ1v) is 9.48. The smallest absolute Gasteiger partial charge is 0.220 e. The van der Waals surface area contributed by atoms with Crippen LogP contribution in [-0.4, -0.2) is 35.9 Å². The average Bonchev–Trinajstić information content (AvgIpc) is 3.18. The van der Waals surface area contributed by atoms with E-state index in [0.29, 0.717) is 13.0 Å². The van der Waals surface area contributed by atoms with E-state index in [0.717, 1.165) is 41.5 Å². The maximum Gasteiger partial charge on any atom is 0.220 e. The fraction of sp³-hybridized carbons (Fsp3) is 0.500. The maximum atomic E-state index is 11.8. The largest absolute Gasteiger partial charge is 0.376 e. The van der Waals surface area contributed by atoms with E-state index >= 15 is 0 Å². The van der Waals surface area contributed by atoms with Gasteiger partial charge in [-0.25, -0.2) is 4.98 Å². The van der Waals surface area contributed by atoms with Gasteiger partial charge in [-0.3, -0.25) is 4.79 Å². The first-order valence-electron chi connectivity index (χ1n) is 7.68. The second-order valence-electron chi connectivity index (χ2n) is 5.34. The minimum Gasteiger partial charge on any atom is -0.376 e. The van der Waals surface area contributed by atoms with E-state index in [1.54, 1.807) is 23.1 Å². The Morgan fingerprint density at radius 1 is 1.45 bits per heavy atom. The summed E-state index contributed by atoms with van der Waals surface area (Å²) in [5.74, 6) is 1.05. The zero-order valence-corrected chi connectivity index (χ0v) is 14.0. The minimum absolute atomic E-state index is 0.125. The molecule has 0 bridgehead atoms. The number of hydrogen-bond acceptors (Lipinski definition) is 5. The van der Waals surface area contributed by atoms with E-state index in [1.165, 1.54) is 4.70 Å². The number of nitrogens with one attached hydrogen (secondary N) is 1. The Morgan fingerprint density at radius 3 is 3.18 bits per heavy atom. The topological polar surface area (TPSA) is 51.2 Å². The number of carbonyl (C=O) groups excluding carboxylic acids is 1. The molecule has 1 N–H and O–H groups in total. The summed E-state index contributed by atoms with van der Waals surface area (Å²) in [4.78, 5) is 16.3. The molecular formula is C16H20N2O2S2. The van der Waals surface area contributed by atoms with Crippen molar-refractivity contribution < 1.29 is 9.53 Å². The van der Waals surface area contributed by atoms with Gasteiger partial charge in [-0.2, -0.15) is 0 Å². The van der Waals surface area contributed by atoms with Crippen molar-refractivity contribution in [2.75, 3.05) is 18.9 Å². The van der Waals surface area contributed by atoms with Crippen LogP contribution in [-0.2, 0) is 9.53 Å². The van der Waals surface area contributed by atoms with Crippen molar-refractivity contribution >= 4 is 39.2 Å². The molecule has 6 heteroatoms. The number of rotatable bonds is 7. The normalized spacial score (nSPS) is 17.9. The maximum absolute atomic E-state index is 11.8. The lowest BCUT2D eigenvalue weighted by atomic mass is 10.2. The van der Waals surface area contributed by atoms with Crippen LogP contribution >= 0.6 is 23.1 Å². The third kappa shape index (κ3) is 4.44. The zero-order valence-electron chi connectivity index (χ0n) is 12.4. The third-order valence-electron chi connectivity index (χ3n) is 3.60. The van der Waals surface area contributed by atoms with E-state index in [2.05, 4.69) is 16.4 Å². The molecule has 118 valence electrons. The fourth-order valence-corrected chi connectivity index (χ4v) is 4.50. The molecule has 0 saturated carbocycles. The molecule has 2 heterocycles. The predicted octanol–water partition coefficient (Wildman–Crippen LogP) is 3.46. The van der Waals surface area contributed by atoms with Gasteiger partial charge < -0.3 is 10.1 Å². The van der Waals surface area contributed by atoms with Gasteiger partial charge in [-0.1, -0.05) is 23.9 Å². The van der Waals surface area contributed by atoms with Crippen molar-refractivity contribution in [2.45, 2.75) is 36.1 Å². The van der Waals surface area contributed by atoms with Crippen molar-refractivity contribution in [3.63, 3.8) is 0 Å². The molecule has 0 radical (unpaired) electrons. The quantitative estimate of drug-likeness (QED) is 0.621. The summed E-state index contributed by atoms with van der Waals surface area (Å²) < 4.78 is 7.80. The van der Waals surface area contributed by atoms with Crippen LogP contribution in [0.2, 0.25) is 0 Å². The molecule has 22 heavy (non-hydrogen) atoms. The highest BCUT2D eigenvalue weighted by Crippen LogP contribution is 2.29. The summed E-state index contributed by atoms with van der Waals surface area (Å²) in [5, 5.41) is 2.96. The molecule has 2 aromatic rings. The van der Waals surface area contributed by atoms with Crippen LogP contribution in [0.15, 0.2) is 28.6 Å². The number of carbonyl (C=O) groups is 1. The summed E-state index contributed by atoms with van der Waals surface area (Å²) in [6.45, 7) is 1.49. The van der Waals surface area contributed by atoms with Crippen LogP contribution < -0.4 is 5.32 Å². The van der Waals surface area contributed by atoms with Crippen LogP contribution in [0.5, 0.6) is 0 Å². The Morgan fingerprint density at radius 2 is 2.36 bits per heavy atom. The lowest BCUT2D eigenvalue weighted by molar-refractivity contribution is -0.121. The summed E-state index contributed by atoms with van der Waals surface area (Å²) in [7, 11) is 0. The van der Waals surface area contributed by atoms with Crippen LogP contribution in [0, 0.1) is 0 Å². The number of thioether (sulfide) groups is 1. The molecule has 1 aromatic carbocycles. The van der Waals surface area contributed by atoms with Gasteiger partial charge in [0.2, 0.25) is 5.91 Å². The number of fused-ring (bicyclic) bond motifs is 1.